The Balaban J connectivity index is 1.57. The number of hydrogen-bond donors (Lipinski definition) is 1. The average Bonchev–Trinajstić information content (AvgIpc) is 3.05. The van der Waals surface area contributed by atoms with Crippen LogP contribution in [0, 0.1) is 11.8 Å². The van der Waals surface area contributed by atoms with Gasteiger partial charge in [0.15, 0.2) is 0 Å². The lowest BCUT2D eigenvalue weighted by Crippen LogP contribution is -2.30. The zero-order valence-corrected chi connectivity index (χ0v) is 19.6. The number of anilines is 1. The maximum absolute atomic E-state index is 13.1. The number of benzene rings is 2. The highest BCUT2D eigenvalue weighted by Gasteiger charge is 2.47. The summed E-state index contributed by atoms with van der Waals surface area (Å²) in [6, 6.07) is 11.3. The number of ether oxygens (including phenoxy) is 2. The van der Waals surface area contributed by atoms with Gasteiger partial charge in [0.2, 0.25) is 11.8 Å². The Morgan fingerprint density at radius 3 is 2.21 bits per heavy atom. The molecule has 0 aromatic heterocycles. The summed E-state index contributed by atoms with van der Waals surface area (Å²) in [6.07, 6.45) is 3.38. The lowest BCUT2D eigenvalue weighted by molar-refractivity contribution is -0.140. The van der Waals surface area contributed by atoms with Gasteiger partial charge in [-0.15, -0.1) is 0 Å². The summed E-state index contributed by atoms with van der Waals surface area (Å²) < 4.78 is 39.5. The first-order valence-corrected chi connectivity index (χ1v) is 12.6. The number of carbonyl (C=O) groups is 2. The van der Waals surface area contributed by atoms with Crippen molar-refractivity contribution >= 4 is 27.5 Å². The van der Waals surface area contributed by atoms with Crippen LogP contribution in [0.1, 0.15) is 38.2 Å². The molecule has 1 heterocycles. The molecule has 33 heavy (non-hydrogen) atoms. The van der Waals surface area contributed by atoms with Crippen molar-refractivity contribution in [2.24, 2.45) is 11.8 Å². The molecule has 0 unspecified atom stereocenters. The van der Waals surface area contributed by atoms with Crippen molar-refractivity contribution in [1.82, 2.24) is 4.90 Å². The molecule has 0 bridgehead atoms. The number of methoxy groups -OCH3 is 1. The third-order valence-corrected chi connectivity index (χ3v) is 7.61. The molecule has 1 saturated heterocycles. The van der Waals surface area contributed by atoms with Crippen molar-refractivity contribution in [2.75, 3.05) is 18.4 Å². The van der Waals surface area contributed by atoms with Gasteiger partial charge in [-0.2, -0.15) is 0 Å². The van der Waals surface area contributed by atoms with Gasteiger partial charge in [0.25, 0.3) is 10.0 Å². The quantitative estimate of drug-likeness (QED) is 0.590. The molecular weight excluding hydrogens is 444 g/mol. The molecular formula is C24H28N2O6S. The number of carbonyl (C=O) groups excluding carboxylic acids is 2. The summed E-state index contributed by atoms with van der Waals surface area (Å²) in [4.78, 5) is 26.8. The molecule has 1 saturated carbocycles. The molecule has 0 radical (unpaired) electrons. The minimum absolute atomic E-state index is 0.0419. The van der Waals surface area contributed by atoms with Gasteiger partial charge < -0.3 is 9.47 Å². The molecule has 0 spiro atoms. The molecule has 8 nitrogen and oxygen atoms in total. The Morgan fingerprint density at radius 2 is 1.64 bits per heavy atom. The van der Waals surface area contributed by atoms with Crippen LogP contribution in [0.4, 0.5) is 5.69 Å². The third kappa shape index (κ3) is 4.68. The second kappa shape index (κ2) is 9.43. The van der Waals surface area contributed by atoms with Crippen LogP contribution in [0.25, 0.3) is 0 Å². The van der Waals surface area contributed by atoms with Crippen LogP contribution in [0.5, 0.6) is 11.5 Å². The molecule has 2 aliphatic rings. The van der Waals surface area contributed by atoms with E-state index in [1.54, 1.807) is 36.4 Å². The minimum Gasteiger partial charge on any atom is -0.495 e. The number of likely N-dealkylation sites (tertiary alicyclic amines) is 1. The van der Waals surface area contributed by atoms with Crippen molar-refractivity contribution in [3.8, 4) is 11.5 Å². The third-order valence-electron chi connectivity index (χ3n) is 6.21. The molecule has 2 aromatic carbocycles. The smallest absolute Gasteiger partial charge is 0.265 e. The zero-order valence-electron chi connectivity index (χ0n) is 18.7. The van der Waals surface area contributed by atoms with Gasteiger partial charge in [-0.05, 0) is 61.7 Å². The van der Waals surface area contributed by atoms with E-state index in [0.29, 0.717) is 23.6 Å². The van der Waals surface area contributed by atoms with E-state index in [9.17, 15) is 18.0 Å². The molecule has 1 N–H and O–H groups in total. The van der Waals surface area contributed by atoms with Gasteiger partial charge >= 0.3 is 0 Å². The summed E-state index contributed by atoms with van der Waals surface area (Å²) >= 11 is 0. The van der Waals surface area contributed by atoms with E-state index in [0.717, 1.165) is 25.7 Å². The van der Waals surface area contributed by atoms with E-state index in [2.05, 4.69) is 4.72 Å². The van der Waals surface area contributed by atoms with Crippen LogP contribution < -0.4 is 14.2 Å². The topological polar surface area (TPSA) is 102 Å². The predicted octanol–water partition coefficient (Wildman–Crippen LogP) is 3.57. The number of nitrogens with zero attached hydrogens (tertiary/aromatic N) is 1. The SMILES string of the molecule is CCOc1ccc(NS(=O)(=O)c2cc(CN3C(=O)[C@@H]4CCCC[C@H]4C3=O)ccc2OC)cc1. The number of hydrogen-bond acceptors (Lipinski definition) is 6. The Morgan fingerprint density at radius 1 is 1.00 bits per heavy atom. The average molecular weight is 473 g/mol. The predicted molar refractivity (Wildman–Crippen MR) is 122 cm³/mol. The first-order chi connectivity index (χ1) is 15.8. The molecule has 1 aliphatic carbocycles. The van der Waals surface area contributed by atoms with Gasteiger partial charge in [0.1, 0.15) is 16.4 Å². The first kappa shape index (κ1) is 23.1. The van der Waals surface area contributed by atoms with E-state index >= 15 is 0 Å². The van der Waals surface area contributed by atoms with Gasteiger partial charge in [-0.25, -0.2) is 8.42 Å². The standard InChI is InChI=1S/C24H28N2O6S/c1-3-32-18-11-9-17(10-12-18)25-33(29,30)22-14-16(8-13-21(22)31-2)15-26-23(27)19-6-4-5-7-20(19)24(26)28/h8-14,19-20,25H,3-7,15H2,1-2H3/t19-,20-/m1/s1. The van der Waals surface area contributed by atoms with Crippen molar-refractivity contribution in [3.05, 3.63) is 48.0 Å². The van der Waals surface area contributed by atoms with Crippen molar-refractivity contribution < 1.29 is 27.5 Å². The molecule has 176 valence electrons. The van der Waals surface area contributed by atoms with Crippen molar-refractivity contribution in [1.29, 1.82) is 0 Å². The minimum atomic E-state index is -3.99. The molecule has 2 atom stereocenters. The summed E-state index contributed by atoms with van der Waals surface area (Å²) in [5.74, 6) is 0.0170. The lowest BCUT2D eigenvalue weighted by atomic mass is 9.81. The van der Waals surface area contributed by atoms with Gasteiger partial charge in [0, 0.05) is 5.69 Å². The monoisotopic (exact) mass is 472 g/mol. The van der Waals surface area contributed by atoms with Crippen LogP contribution in [-0.4, -0.2) is 38.8 Å². The highest BCUT2D eigenvalue weighted by molar-refractivity contribution is 7.92. The number of sulfonamides is 1. The number of nitrogens with one attached hydrogen (secondary N) is 1. The van der Waals surface area contributed by atoms with Gasteiger partial charge in [0.05, 0.1) is 32.1 Å². The second-order valence-electron chi connectivity index (χ2n) is 8.31. The summed E-state index contributed by atoms with van der Waals surface area (Å²) in [5, 5.41) is 0. The van der Waals surface area contributed by atoms with Crippen LogP contribution in [-0.2, 0) is 26.2 Å². The largest absolute Gasteiger partial charge is 0.495 e. The van der Waals surface area contributed by atoms with Gasteiger partial charge in [-0.3, -0.25) is 19.2 Å². The zero-order chi connectivity index (χ0) is 23.6. The van der Waals surface area contributed by atoms with Crippen LogP contribution in [0.15, 0.2) is 47.4 Å². The maximum atomic E-state index is 13.1. The molecule has 2 aromatic rings. The van der Waals surface area contributed by atoms with E-state index < -0.39 is 10.0 Å². The first-order valence-electron chi connectivity index (χ1n) is 11.1. The fraction of sp³-hybridized carbons (Fsp3) is 0.417. The fourth-order valence-corrected chi connectivity index (χ4v) is 5.87. The molecule has 9 heteroatoms. The Hall–Kier alpha value is -3.07. The Kier molecular flexibility index (Phi) is 6.60. The normalized spacial score (nSPS) is 20.5. The molecule has 2 amide bonds. The number of rotatable bonds is 8. The Labute approximate surface area is 193 Å². The summed E-state index contributed by atoms with van der Waals surface area (Å²) in [6.45, 7) is 2.42. The van der Waals surface area contributed by atoms with Crippen LogP contribution >= 0.6 is 0 Å². The van der Waals surface area contributed by atoms with E-state index in [1.165, 1.54) is 18.1 Å². The van der Waals surface area contributed by atoms with Crippen LogP contribution in [0.2, 0.25) is 0 Å². The number of fused-ring (bicyclic) bond motifs is 1. The highest BCUT2D eigenvalue weighted by Crippen LogP contribution is 2.39. The molecule has 2 fully saturated rings. The van der Waals surface area contributed by atoms with Crippen molar-refractivity contribution in [3.63, 3.8) is 0 Å². The summed E-state index contributed by atoms with van der Waals surface area (Å²) in [5.41, 5.74) is 0.920. The van der Waals surface area contributed by atoms with Crippen molar-refractivity contribution in [2.45, 2.75) is 44.0 Å². The van der Waals surface area contributed by atoms with E-state index in [4.69, 9.17) is 9.47 Å². The molecule has 4 rings (SSSR count). The van der Waals surface area contributed by atoms with Gasteiger partial charge in [-0.1, -0.05) is 18.9 Å². The van der Waals surface area contributed by atoms with Crippen LogP contribution in [0.3, 0.4) is 0 Å². The summed E-state index contributed by atoms with van der Waals surface area (Å²) in [7, 11) is -2.60. The number of imide groups is 1. The van der Waals surface area contributed by atoms with E-state index in [1.807, 2.05) is 6.92 Å². The second-order valence-corrected chi connectivity index (χ2v) is 9.96. The van der Waals surface area contributed by atoms with E-state index in [-0.39, 0.29) is 40.8 Å². The maximum Gasteiger partial charge on any atom is 0.265 e. The lowest BCUT2D eigenvalue weighted by Gasteiger charge is -2.19. The number of amides is 2. The highest BCUT2D eigenvalue weighted by atomic mass is 32.2. The Bertz CT molecular complexity index is 1120. The molecule has 1 aliphatic heterocycles. The fourth-order valence-electron chi connectivity index (χ4n) is 4.59.